The number of rotatable bonds is 4. The fourth-order valence-corrected chi connectivity index (χ4v) is 3.04. The normalized spacial score (nSPS) is 14.1. The molecule has 0 saturated carbocycles. The third-order valence-corrected chi connectivity index (χ3v) is 4.35. The molecule has 6 heteroatoms. The fraction of sp³-hybridized carbons (Fsp3) is 0.381. The van der Waals surface area contributed by atoms with E-state index in [1.54, 1.807) is 6.07 Å². The van der Waals surface area contributed by atoms with Gasteiger partial charge in [-0.2, -0.15) is 0 Å². The summed E-state index contributed by atoms with van der Waals surface area (Å²) in [5, 5.41) is 5.73. The van der Waals surface area contributed by atoms with Crippen LogP contribution in [0.2, 0.25) is 0 Å². The molecule has 6 nitrogen and oxygen atoms in total. The van der Waals surface area contributed by atoms with E-state index < -0.39 is 0 Å². The van der Waals surface area contributed by atoms with Crippen molar-refractivity contribution in [3.8, 4) is 0 Å². The first-order chi connectivity index (χ1) is 12.8. The van der Waals surface area contributed by atoms with Crippen LogP contribution in [0.5, 0.6) is 0 Å². The number of amides is 2. The van der Waals surface area contributed by atoms with Gasteiger partial charge in [0.1, 0.15) is 0 Å². The first-order valence-electron chi connectivity index (χ1n) is 9.26. The minimum Gasteiger partial charge on any atom is -0.372 e. The van der Waals surface area contributed by atoms with Crippen LogP contribution in [0.15, 0.2) is 42.7 Å². The van der Waals surface area contributed by atoms with Crippen molar-refractivity contribution in [1.82, 2.24) is 10.3 Å². The molecule has 0 bridgehead atoms. The zero-order valence-electron chi connectivity index (χ0n) is 16.1. The van der Waals surface area contributed by atoms with Crippen LogP contribution in [-0.2, 0) is 0 Å². The second-order valence-electron chi connectivity index (χ2n) is 7.86. The van der Waals surface area contributed by atoms with Crippen molar-refractivity contribution < 1.29 is 9.59 Å². The van der Waals surface area contributed by atoms with Crippen LogP contribution in [-0.4, -0.2) is 35.4 Å². The van der Waals surface area contributed by atoms with Crippen molar-refractivity contribution in [1.29, 1.82) is 0 Å². The van der Waals surface area contributed by atoms with E-state index in [0.717, 1.165) is 13.1 Å². The number of carbonyl (C=O) groups excluding carboxylic acids is 2. The molecule has 3 rings (SSSR count). The average molecular weight is 366 g/mol. The Bertz CT molecular complexity index is 819. The van der Waals surface area contributed by atoms with Crippen molar-refractivity contribution >= 4 is 23.2 Å². The second kappa shape index (κ2) is 7.78. The third-order valence-electron chi connectivity index (χ3n) is 4.35. The van der Waals surface area contributed by atoms with Gasteiger partial charge in [-0.25, -0.2) is 0 Å². The van der Waals surface area contributed by atoms with Gasteiger partial charge in [0.2, 0.25) is 0 Å². The van der Waals surface area contributed by atoms with Crippen LogP contribution in [0.3, 0.4) is 0 Å². The quantitative estimate of drug-likeness (QED) is 0.869. The van der Waals surface area contributed by atoms with Gasteiger partial charge in [-0.1, -0.05) is 0 Å². The van der Waals surface area contributed by atoms with E-state index in [1.807, 2.05) is 45.0 Å². The number of nitrogens with zero attached hydrogens (tertiary/aromatic N) is 2. The molecule has 2 N–H and O–H groups in total. The summed E-state index contributed by atoms with van der Waals surface area (Å²) in [7, 11) is 0. The van der Waals surface area contributed by atoms with Gasteiger partial charge in [-0.3, -0.25) is 14.6 Å². The van der Waals surface area contributed by atoms with E-state index in [9.17, 15) is 9.59 Å². The smallest absolute Gasteiger partial charge is 0.257 e. The lowest BCUT2D eigenvalue weighted by Crippen LogP contribution is -2.40. The molecule has 0 aliphatic carbocycles. The van der Waals surface area contributed by atoms with Gasteiger partial charge >= 0.3 is 0 Å². The summed E-state index contributed by atoms with van der Waals surface area (Å²) in [5.74, 6) is -0.540. The van der Waals surface area contributed by atoms with Gasteiger partial charge < -0.3 is 15.5 Å². The maximum absolute atomic E-state index is 12.5. The standard InChI is InChI=1S/C21H26N4O2/c1-21(2,3)24-20(27)16-12-15(13-22-14-16)19(26)23-17-6-8-18(9-7-17)25-10-4-5-11-25/h6-9,12-14H,4-5,10-11H2,1-3H3,(H,23,26)(H,24,27). The predicted octanol–water partition coefficient (Wildman–Crippen LogP) is 3.46. The van der Waals surface area contributed by atoms with Crippen molar-refractivity contribution in [3.05, 3.63) is 53.9 Å². The van der Waals surface area contributed by atoms with Crippen LogP contribution in [0.25, 0.3) is 0 Å². The summed E-state index contributed by atoms with van der Waals surface area (Å²) in [6.45, 7) is 7.88. The summed E-state index contributed by atoms with van der Waals surface area (Å²) in [6.07, 6.45) is 5.37. The van der Waals surface area contributed by atoms with Crippen LogP contribution < -0.4 is 15.5 Å². The zero-order valence-corrected chi connectivity index (χ0v) is 16.1. The highest BCUT2D eigenvalue weighted by molar-refractivity contribution is 6.05. The molecular weight excluding hydrogens is 340 g/mol. The van der Waals surface area contributed by atoms with E-state index in [0.29, 0.717) is 16.8 Å². The Kier molecular flexibility index (Phi) is 5.44. The molecule has 1 aromatic heterocycles. The highest BCUT2D eigenvalue weighted by atomic mass is 16.2. The SMILES string of the molecule is CC(C)(C)NC(=O)c1cncc(C(=O)Nc2ccc(N3CCCC3)cc2)c1. The minimum absolute atomic E-state index is 0.250. The van der Waals surface area contributed by atoms with Gasteiger partial charge in [-0.05, 0) is 63.9 Å². The molecular formula is C21H26N4O2. The molecule has 1 aliphatic heterocycles. The summed E-state index contributed by atoms with van der Waals surface area (Å²) < 4.78 is 0. The van der Waals surface area contributed by atoms with Crippen molar-refractivity contribution in [2.75, 3.05) is 23.3 Å². The molecule has 27 heavy (non-hydrogen) atoms. The number of benzene rings is 1. The lowest BCUT2D eigenvalue weighted by molar-refractivity contribution is 0.0919. The van der Waals surface area contributed by atoms with E-state index in [-0.39, 0.29) is 17.4 Å². The molecule has 2 amide bonds. The van der Waals surface area contributed by atoms with E-state index >= 15 is 0 Å². The maximum Gasteiger partial charge on any atom is 0.257 e. The molecule has 142 valence electrons. The van der Waals surface area contributed by atoms with Crippen molar-refractivity contribution in [2.24, 2.45) is 0 Å². The Morgan fingerprint density at radius 3 is 2.15 bits per heavy atom. The lowest BCUT2D eigenvalue weighted by Gasteiger charge is -2.20. The summed E-state index contributed by atoms with van der Waals surface area (Å²) in [5.41, 5.74) is 2.24. The van der Waals surface area contributed by atoms with Crippen LogP contribution in [0.4, 0.5) is 11.4 Å². The monoisotopic (exact) mass is 366 g/mol. The van der Waals surface area contributed by atoms with Crippen molar-refractivity contribution in [2.45, 2.75) is 39.2 Å². The maximum atomic E-state index is 12.5. The third kappa shape index (κ3) is 5.06. The molecule has 1 aromatic carbocycles. The first kappa shape index (κ1) is 18.9. The Morgan fingerprint density at radius 2 is 1.56 bits per heavy atom. The Hall–Kier alpha value is -2.89. The predicted molar refractivity (Wildman–Crippen MR) is 107 cm³/mol. The Labute approximate surface area is 160 Å². The minimum atomic E-state index is -0.355. The van der Waals surface area contributed by atoms with Crippen LogP contribution >= 0.6 is 0 Å². The number of carbonyl (C=O) groups is 2. The van der Waals surface area contributed by atoms with Gasteiger partial charge in [0, 0.05) is 42.4 Å². The molecule has 1 aliphatic rings. The number of aromatic nitrogens is 1. The molecule has 0 unspecified atom stereocenters. The largest absolute Gasteiger partial charge is 0.372 e. The molecule has 1 fully saturated rings. The van der Waals surface area contributed by atoms with Crippen molar-refractivity contribution in [3.63, 3.8) is 0 Å². The first-order valence-corrected chi connectivity index (χ1v) is 9.26. The van der Waals surface area contributed by atoms with Crippen LogP contribution in [0.1, 0.15) is 54.3 Å². The fourth-order valence-electron chi connectivity index (χ4n) is 3.04. The lowest BCUT2D eigenvalue weighted by atomic mass is 10.1. The van der Waals surface area contributed by atoms with E-state index in [1.165, 1.54) is 30.9 Å². The topological polar surface area (TPSA) is 74.3 Å². The molecule has 2 heterocycles. The second-order valence-corrected chi connectivity index (χ2v) is 7.86. The Morgan fingerprint density at radius 1 is 0.963 bits per heavy atom. The number of nitrogens with one attached hydrogen (secondary N) is 2. The number of anilines is 2. The van der Waals surface area contributed by atoms with Gasteiger partial charge in [0.05, 0.1) is 11.1 Å². The van der Waals surface area contributed by atoms with Gasteiger partial charge in [0.25, 0.3) is 11.8 Å². The molecule has 0 atom stereocenters. The summed E-state index contributed by atoms with van der Waals surface area (Å²) in [6, 6.07) is 9.39. The van der Waals surface area contributed by atoms with E-state index in [4.69, 9.17) is 0 Å². The summed E-state index contributed by atoms with van der Waals surface area (Å²) in [4.78, 5) is 31.2. The number of hydrogen-bond donors (Lipinski definition) is 2. The average Bonchev–Trinajstić information content (AvgIpc) is 3.16. The highest BCUT2D eigenvalue weighted by Crippen LogP contribution is 2.22. The Balaban J connectivity index is 1.67. The number of pyridine rings is 1. The highest BCUT2D eigenvalue weighted by Gasteiger charge is 2.17. The molecule has 2 aromatic rings. The van der Waals surface area contributed by atoms with Gasteiger partial charge in [-0.15, -0.1) is 0 Å². The molecule has 1 saturated heterocycles. The van der Waals surface area contributed by atoms with E-state index in [2.05, 4.69) is 20.5 Å². The molecule has 0 radical (unpaired) electrons. The van der Waals surface area contributed by atoms with Gasteiger partial charge in [0.15, 0.2) is 0 Å². The molecule has 0 spiro atoms. The van der Waals surface area contributed by atoms with Crippen LogP contribution in [0, 0.1) is 0 Å². The number of hydrogen-bond acceptors (Lipinski definition) is 4. The summed E-state index contributed by atoms with van der Waals surface area (Å²) >= 11 is 0. The zero-order chi connectivity index (χ0) is 19.4.